The van der Waals surface area contributed by atoms with Gasteiger partial charge in [-0.25, -0.2) is 0 Å². The highest BCUT2D eigenvalue weighted by Crippen LogP contribution is 2.39. The average Bonchev–Trinajstić information content (AvgIpc) is 2.78. The van der Waals surface area contributed by atoms with Gasteiger partial charge in [-0.2, -0.15) is 5.10 Å². The first-order chi connectivity index (χ1) is 10.1. The quantitative estimate of drug-likeness (QED) is 0.744. The Hall–Kier alpha value is -1.85. The second kappa shape index (κ2) is 5.50. The van der Waals surface area contributed by atoms with Crippen molar-refractivity contribution in [2.75, 3.05) is 5.73 Å². The summed E-state index contributed by atoms with van der Waals surface area (Å²) in [6, 6.07) is 9.43. The van der Waals surface area contributed by atoms with Gasteiger partial charge in [-0.15, -0.1) is 0 Å². The SMILES string of the molecule is Cn1nc(-c2cc(Cl)ccc2Br)c(-c2cccnc2)c1N. The van der Waals surface area contributed by atoms with Gasteiger partial charge in [0.1, 0.15) is 11.5 Å². The zero-order valence-electron chi connectivity index (χ0n) is 11.2. The fourth-order valence-corrected chi connectivity index (χ4v) is 2.81. The standard InChI is InChI=1S/C15H12BrClN4/c1-21-15(18)13(9-3-2-6-19-8-9)14(20-21)11-7-10(17)4-5-12(11)16/h2-8H,18H2,1H3. The number of rotatable bonds is 2. The van der Waals surface area contributed by atoms with Crippen molar-refractivity contribution >= 4 is 33.3 Å². The Morgan fingerprint density at radius 2 is 2.10 bits per heavy atom. The summed E-state index contributed by atoms with van der Waals surface area (Å²) in [5, 5.41) is 5.18. The van der Waals surface area contributed by atoms with Crippen LogP contribution in [0, 0.1) is 0 Å². The van der Waals surface area contributed by atoms with Crippen molar-refractivity contribution in [1.29, 1.82) is 0 Å². The van der Waals surface area contributed by atoms with Crippen LogP contribution in [0.15, 0.2) is 47.2 Å². The molecule has 4 nitrogen and oxygen atoms in total. The van der Waals surface area contributed by atoms with E-state index in [1.165, 1.54) is 0 Å². The van der Waals surface area contributed by atoms with Crippen molar-refractivity contribution in [3.8, 4) is 22.4 Å². The van der Waals surface area contributed by atoms with E-state index in [2.05, 4.69) is 26.0 Å². The maximum Gasteiger partial charge on any atom is 0.129 e. The fraction of sp³-hybridized carbons (Fsp3) is 0.0667. The molecule has 0 fully saturated rings. The summed E-state index contributed by atoms with van der Waals surface area (Å²) in [5.74, 6) is 0.588. The van der Waals surface area contributed by atoms with Crippen LogP contribution in [0.3, 0.4) is 0 Å². The van der Waals surface area contributed by atoms with Gasteiger partial charge in [-0.3, -0.25) is 9.67 Å². The van der Waals surface area contributed by atoms with Crippen molar-refractivity contribution < 1.29 is 0 Å². The summed E-state index contributed by atoms with van der Waals surface area (Å²) < 4.78 is 2.57. The summed E-state index contributed by atoms with van der Waals surface area (Å²) in [5.41, 5.74) is 9.63. The van der Waals surface area contributed by atoms with Crippen LogP contribution in [0.1, 0.15) is 0 Å². The lowest BCUT2D eigenvalue weighted by atomic mass is 10.0. The third kappa shape index (κ3) is 2.54. The Labute approximate surface area is 135 Å². The molecule has 0 amide bonds. The van der Waals surface area contributed by atoms with E-state index in [4.69, 9.17) is 17.3 Å². The van der Waals surface area contributed by atoms with Crippen molar-refractivity contribution in [3.05, 3.63) is 52.2 Å². The monoisotopic (exact) mass is 362 g/mol. The first kappa shape index (κ1) is 14.1. The Bertz CT molecular complexity index is 799. The molecule has 0 unspecified atom stereocenters. The number of aromatic nitrogens is 3. The van der Waals surface area contributed by atoms with Gasteiger partial charge >= 0.3 is 0 Å². The average molecular weight is 364 g/mol. The minimum absolute atomic E-state index is 0.588. The van der Waals surface area contributed by atoms with E-state index in [0.717, 1.165) is 26.9 Å². The molecule has 0 bridgehead atoms. The molecule has 6 heteroatoms. The molecule has 2 aromatic heterocycles. The molecular formula is C15H12BrClN4. The van der Waals surface area contributed by atoms with Gasteiger partial charge in [-0.1, -0.05) is 33.6 Å². The number of hydrogen-bond acceptors (Lipinski definition) is 3. The molecule has 0 aliphatic heterocycles. The number of benzene rings is 1. The molecule has 0 radical (unpaired) electrons. The van der Waals surface area contributed by atoms with Crippen LogP contribution in [0.5, 0.6) is 0 Å². The topological polar surface area (TPSA) is 56.7 Å². The first-order valence-corrected chi connectivity index (χ1v) is 7.43. The van der Waals surface area contributed by atoms with Gasteiger partial charge in [0.25, 0.3) is 0 Å². The van der Waals surface area contributed by atoms with Crippen molar-refractivity contribution in [2.45, 2.75) is 0 Å². The number of hydrogen-bond donors (Lipinski definition) is 1. The van der Waals surface area contributed by atoms with Gasteiger partial charge < -0.3 is 5.73 Å². The Morgan fingerprint density at radius 1 is 1.29 bits per heavy atom. The van der Waals surface area contributed by atoms with Gasteiger partial charge in [-0.05, 0) is 24.3 Å². The number of nitrogens with zero attached hydrogens (tertiary/aromatic N) is 3. The molecule has 21 heavy (non-hydrogen) atoms. The van der Waals surface area contributed by atoms with Gasteiger partial charge in [0.15, 0.2) is 0 Å². The van der Waals surface area contributed by atoms with Crippen molar-refractivity contribution in [2.24, 2.45) is 7.05 Å². The number of halogens is 2. The molecule has 106 valence electrons. The molecule has 0 saturated heterocycles. The predicted molar refractivity (Wildman–Crippen MR) is 89.0 cm³/mol. The lowest BCUT2D eigenvalue weighted by Gasteiger charge is -2.06. The molecule has 0 aliphatic carbocycles. The second-order valence-electron chi connectivity index (χ2n) is 4.60. The molecule has 0 saturated carbocycles. The molecular weight excluding hydrogens is 352 g/mol. The van der Waals surface area contributed by atoms with Crippen LogP contribution in [-0.2, 0) is 7.05 Å². The zero-order chi connectivity index (χ0) is 15.0. The van der Waals surface area contributed by atoms with E-state index in [1.807, 2.05) is 37.4 Å². The van der Waals surface area contributed by atoms with Crippen LogP contribution >= 0.6 is 27.5 Å². The molecule has 0 aliphatic rings. The third-order valence-corrected chi connectivity index (χ3v) is 4.15. The lowest BCUT2D eigenvalue weighted by molar-refractivity contribution is 0.782. The normalized spacial score (nSPS) is 10.8. The highest BCUT2D eigenvalue weighted by Gasteiger charge is 2.19. The summed E-state index contributed by atoms with van der Waals surface area (Å²) in [4.78, 5) is 4.16. The zero-order valence-corrected chi connectivity index (χ0v) is 13.6. The Morgan fingerprint density at radius 3 is 2.81 bits per heavy atom. The lowest BCUT2D eigenvalue weighted by Crippen LogP contribution is -1.98. The summed E-state index contributed by atoms with van der Waals surface area (Å²) >= 11 is 9.66. The number of pyridine rings is 1. The smallest absolute Gasteiger partial charge is 0.129 e. The number of nitrogen functional groups attached to an aromatic ring is 1. The van der Waals surface area contributed by atoms with Gasteiger partial charge in [0, 0.05) is 40.1 Å². The molecule has 2 N–H and O–H groups in total. The largest absolute Gasteiger partial charge is 0.383 e. The summed E-state index contributed by atoms with van der Waals surface area (Å²) in [6.45, 7) is 0. The third-order valence-electron chi connectivity index (χ3n) is 3.23. The van der Waals surface area contributed by atoms with Crippen LogP contribution in [0.2, 0.25) is 5.02 Å². The van der Waals surface area contributed by atoms with E-state index >= 15 is 0 Å². The molecule has 0 atom stereocenters. The Balaban J connectivity index is 2.29. The van der Waals surface area contributed by atoms with E-state index in [9.17, 15) is 0 Å². The number of nitrogens with two attached hydrogens (primary N) is 1. The predicted octanol–water partition coefficient (Wildman–Crippen LogP) is 4.15. The minimum Gasteiger partial charge on any atom is -0.383 e. The number of aryl methyl sites for hydroxylation is 1. The van der Waals surface area contributed by atoms with Crippen molar-refractivity contribution in [1.82, 2.24) is 14.8 Å². The van der Waals surface area contributed by atoms with Crippen LogP contribution in [0.25, 0.3) is 22.4 Å². The molecule has 1 aromatic carbocycles. The maximum absolute atomic E-state index is 6.19. The molecule has 2 heterocycles. The Kier molecular flexibility index (Phi) is 3.69. The highest BCUT2D eigenvalue weighted by molar-refractivity contribution is 9.10. The van der Waals surface area contributed by atoms with Crippen molar-refractivity contribution in [3.63, 3.8) is 0 Å². The van der Waals surface area contributed by atoms with E-state index < -0.39 is 0 Å². The van der Waals surface area contributed by atoms with E-state index in [1.54, 1.807) is 17.1 Å². The van der Waals surface area contributed by atoms with Crippen LogP contribution in [0.4, 0.5) is 5.82 Å². The second-order valence-corrected chi connectivity index (χ2v) is 5.89. The summed E-state index contributed by atoms with van der Waals surface area (Å²) in [6.07, 6.45) is 3.50. The highest BCUT2D eigenvalue weighted by atomic mass is 79.9. The van der Waals surface area contributed by atoms with Gasteiger partial charge in [0.05, 0.1) is 5.56 Å². The number of anilines is 1. The maximum atomic E-state index is 6.19. The van der Waals surface area contributed by atoms with Gasteiger partial charge in [0.2, 0.25) is 0 Å². The van der Waals surface area contributed by atoms with Crippen LogP contribution in [-0.4, -0.2) is 14.8 Å². The summed E-state index contributed by atoms with van der Waals surface area (Å²) in [7, 11) is 1.82. The molecule has 3 rings (SSSR count). The first-order valence-electron chi connectivity index (χ1n) is 6.26. The molecule has 0 spiro atoms. The fourth-order valence-electron chi connectivity index (χ4n) is 2.20. The molecule has 3 aromatic rings. The van der Waals surface area contributed by atoms with E-state index in [-0.39, 0.29) is 0 Å². The van der Waals surface area contributed by atoms with E-state index in [0.29, 0.717) is 10.8 Å². The van der Waals surface area contributed by atoms with Crippen LogP contribution < -0.4 is 5.73 Å². The minimum atomic E-state index is 0.588.